The number of nitrogens with zero attached hydrogens (tertiary/aromatic N) is 3. The maximum Gasteiger partial charge on any atom is 0.167 e. The van der Waals surface area contributed by atoms with E-state index in [1.54, 1.807) is 6.07 Å². The maximum absolute atomic E-state index is 10.8. The molecule has 1 aromatic heterocycles. The van der Waals surface area contributed by atoms with Crippen LogP contribution < -0.4 is 0 Å². The molecule has 0 bridgehead atoms. The molecule has 6 aromatic rings. The van der Waals surface area contributed by atoms with Crippen LogP contribution in [0.4, 0.5) is 0 Å². The summed E-state index contributed by atoms with van der Waals surface area (Å²) in [5.74, 6) is 1.71. The van der Waals surface area contributed by atoms with E-state index in [1.807, 2.05) is 142 Å². The van der Waals surface area contributed by atoms with Crippen LogP contribution in [-0.2, 0) is 6.42 Å². The molecule has 0 saturated carbocycles. The van der Waals surface area contributed by atoms with Gasteiger partial charge in [-0.25, -0.2) is 15.0 Å². The van der Waals surface area contributed by atoms with Gasteiger partial charge in [0.25, 0.3) is 0 Å². The minimum Gasteiger partial charge on any atom is -0.507 e. The second kappa shape index (κ2) is 24.1. The van der Waals surface area contributed by atoms with Crippen LogP contribution >= 0.6 is 0 Å². The third-order valence-electron chi connectivity index (χ3n) is 6.85. The molecule has 0 aliphatic rings. The van der Waals surface area contributed by atoms with E-state index in [9.17, 15) is 5.11 Å². The van der Waals surface area contributed by atoms with Gasteiger partial charge in [0.15, 0.2) is 17.5 Å². The summed E-state index contributed by atoms with van der Waals surface area (Å²) in [4.78, 5) is 14.5. The van der Waals surface area contributed by atoms with E-state index >= 15 is 0 Å². The minimum atomic E-state index is 0.163. The first-order valence-corrected chi connectivity index (χ1v) is 18.1. The van der Waals surface area contributed by atoms with Gasteiger partial charge in [-0.15, -0.1) is 0 Å². The Balaban J connectivity index is 0.00000110. The summed E-state index contributed by atoms with van der Waals surface area (Å²) < 4.78 is 0. The molecule has 1 heterocycles. The molecular weight excluding hydrogens is 599 g/mol. The molecule has 0 saturated heterocycles. The van der Waals surface area contributed by atoms with Crippen LogP contribution in [0, 0.1) is 0 Å². The fourth-order valence-corrected chi connectivity index (χ4v) is 4.63. The molecule has 0 spiro atoms. The first kappa shape index (κ1) is 41.9. The van der Waals surface area contributed by atoms with Crippen molar-refractivity contribution in [3.63, 3.8) is 0 Å². The Morgan fingerprint density at radius 1 is 0.388 bits per heavy atom. The Morgan fingerprint density at radius 3 is 1.06 bits per heavy atom. The summed E-state index contributed by atoms with van der Waals surface area (Å²) in [7, 11) is 0. The van der Waals surface area contributed by atoms with Crippen LogP contribution in [0.15, 0.2) is 127 Å². The van der Waals surface area contributed by atoms with E-state index in [0.717, 1.165) is 45.4 Å². The Labute approximate surface area is 297 Å². The van der Waals surface area contributed by atoms with Crippen LogP contribution in [0.1, 0.15) is 81.7 Å². The lowest BCUT2D eigenvalue weighted by Gasteiger charge is -2.11. The van der Waals surface area contributed by atoms with Crippen LogP contribution in [0.2, 0.25) is 0 Å². The van der Waals surface area contributed by atoms with Gasteiger partial charge in [0.2, 0.25) is 0 Å². The van der Waals surface area contributed by atoms with Crippen molar-refractivity contribution in [1.29, 1.82) is 0 Å². The van der Waals surface area contributed by atoms with E-state index < -0.39 is 0 Å². The van der Waals surface area contributed by atoms with E-state index in [4.69, 9.17) is 15.0 Å². The number of rotatable bonds is 6. The van der Waals surface area contributed by atoms with Crippen LogP contribution in [0.3, 0.4) is 0 Å². The van der Waals surface area contributed by atoms with Gasteiger partial charge in [0, 0.05) is 11.1 Å². The van der Waals surface area contributed by atoms with Crippen molar-refractivity contribution in [3.8, 4) is 62.2 Å². The molecular formula is C45H57N3O. The normalized spacial score (nSPS) is 9.29. The molecule has 4 heteroatoms. The zero-order valence-corrected chi connectivity index (χ0v) is 31.6. The third kappa shape index (κ3) is 11.8. The SMILES string of the molecule is CC.CC.CC.CC.CC.CCc1ccc(-c2nc(-c3ccc(-c4ccccc4)cc3)nc(-c3ccc(-c4ccccc4)cc3)n2)c(O)c1. The molecule has 258 valence electrons. The molecule has 5 aromatic carbocycles. The smallest absolute Gasteiger partial charge is 0.167 e. The molecule has 1 N–H and O–H groups in total. The summed E-state index contributed by atoms with van der Waals surface area (Å²) in [5, 5.41) is 10.8. The third-order valence-corrected chi connectivity index (χ3v) is 6.85. The van der Waals surface area contributed by atoms with E-state index in [0.29, 0.717) is 23.0 Å². The summed E-state index contributed by atoms with van der Waals surface area (Å²) in [6, 6.07) is 42.6. The van der Waals surface area contributed by atoms with Gasteiger partial charge in [-0.1, -0.05) is 191 Å². The summed E-state index contributed by atoms with van der Waals surface area (Å²) >= 11 is 0. The van der Waals surface area contributed by atoms with Gasteiger partial charge in [0.1, 0.15) is 5.75 Å². The van der Waals surface area contributed by atoms with E-state index in [-0.39, 0.29) is 5.75 Å². The maximum atomic E-state index is 10.8. The molecule has 0 aliphatic heterocycles. The standard InChI is InChI=1S/C35H27N3O.5C2H6/c1-2-24-13-22-31(32(39)23-24)35-37-33(29-18-14-27(15-19-29)25-9-5-3-6-10-25)36-34(38-35)30-20-16-28(17-21-30)26-11-7-4-8-12-26;5*1-2/h3-23,39H,2H2,1H3;5*1-2H3. The molecule has 6 rings (SSSR count). The summed E-state index contributed by atoms with van der Waals surface area (Å²) in [5.41, 5.74) is 7.95. The monoisotopic (exact) mass is 655 g/mol. The van der Waals surface area contributed by atoms with Gasteiger partial charge in [-0.3, -0.25) is 0 Å². The first-order valence-electron chi connectivity index (χ1n) is 18.1. The lowest BCUT2D eigenvalue weighted by molar-refractivity contribution is 0.476. The highest BCUT2D eigenvalue weighted by molar-refractivity contribution is 5.73. The zero-order chi connectivity index (χ0) is 36.6. The molecule has 4 nitrogen and oxygen atoms in total. The van der Waals surface area contributed by atoms with Crippen LogP contribution in [0.25, 0.3) is 56.4 Å². The predicted octanol–water partition coefficient (Wildman–Crippen LogP) is 13.6. The highest BCUT2D eigenvalue weighted by Gasteiger charge is 2.15. The topological polar surface area (TPSA) is 58.9 Å². The number of hydrogen-bond donors (Lipinski definition) is 1. The average molecular weight is 656 g/mol. The number of aryl methyl sites for hydroxylation is 1. The molecule has 0 atom stereocenters. The number of phenols is 1. The Hall–Kier alpha value is -5.09. The lowest BCUT2D eigenvalue weighted by atomic mass is 10.0. The Bertz CT molecular complexity index is 1610. The predicted molar refractivity (Wildman–Crippen MR) is 215 cm³/mol. The van der Waals surface area contributed by atoms with E-state index in [1.165, 1.54) is 0 Å². The highest BCUT2D eigenvalue weighted by atomic mass is 16.3. The first-order chi connectivity index (χ1) is 24.2. The molecule has 0 unspecified atom stereocenters. The van der Waals surface area contributed by atoms with Crippen molar-refractivity contribution < 1.29 is 5.11 Å². The number of phenolic OH excluding ortho intramolecular Hbond substituents is 1. The largest absolute Gasteiger partial charge is 0.507 e. The molecule has 0 radical (unpaired) electrons. The molecule has 49 heavy (non-hydrogen) atoms. The number of benzene rings is 5. The molecule has 0 amide bonds. The Kier molecular flexibility index (Phi) is 20.6. The number of hydrogen-bond acceptors (Lipinski definition) is 4. The molecule has 0 fully saturated rings. The lowest BCUT2D eigenvalue weighted by Crippen LogP contribution is -2.00. The van der Waals surface area contributed by atoms with Crippen molar-refractivity contribution >= 4 is 0 Å². The highest BCUT2D eigenvalue weighted by Crippen LogP contribution is 2.32. The van der Waals surface area contributed by atoms with Gasteiger partial charge in [0.05, 0.1) is 5.56 Å². The fraction of sp³-hybridized carbons (Fsp3) is 0.267. The second-order valence-electron chi connectivity index (χ2n) is 9.40. The molecule has 0 aliphatic carbocycles. The van der Waals surface area contributed by atoms with Crippen molar-refractivity contribution in [1.82, 2.24) is 15.0 Å². The quantitative estimate of drug-likeness (QED) is 0.194. The zero-order valence-electron chi connectivity index (χ0n) is 31.6. The fourth-order valence-electron chi connectivity index (χ4n) is 4.63. The van der Waals surface area contributed by atoms with E-state index in [2.05, 4.69) is 55.5 Å². The summed E-state index contributed by atoms with van der Waals surface area (Å²) in [6.07, 6.45) is 0.836. The Morgan fingerprint density at radius 2 is 0.714 bits per heavy atom. The van der Waals surface area contributed by atoms with Crippen molar-refractivity contribution in [2.24, 2.45) is 0 Å². The van der Waals surface area contributed by atoms with Crippen molar-refractivity contribution in [2.75, 3.05) is 0 Å². The number of aromatic hydroxyl groups is 1. The van der Waals surface area contributed by atoms with Crippen molar-refractivity contribution in [2.45, 2.75) is 82.6 Å². The van der Waals surface area contributed by atoms with Crippen molar-refractivity contribution in [3.05, 3.63) is 133 Å². The summed E-state index contributed by atoms with van der Waals surface area (Å²) in [6.45, 7) is 22.1. The number of aromatic nitrogens is 3. The van der Waals surface area contributed by atoms with Gasteiger partial charge in [-0.2, -0.15) is 0 Å². The van der Waals surface area contributed by atoms with Gasteiger partial charge >= 0.3 is 0 Å². The van der Waals surface area contributed by atoms with Crippen LogP contribution in [0.5, 0.6) is 5.75 Å². The van der Waals surface area contributed by atoms with Gasteiger partial charge in [-0.05, 0) is 46.4 Å². The average Bonchev–Trinajstić information content (AvgIpc) is 3.22. The second-order valence-corrected chi connectivity index (χ2v) is 9.40. The van der Waals surface area contributed by atoms with Crippen LogP contribution in [-0.4, -0.2) is 20.1 Å². The minimum absolute atomic E-state index is 0.163. The van der Waals surface area contributed by atoms with Gasteiger partial charge < -0.3 is 5.11 Å².